The zero-order valence-corrected chi connectivity index (χ0v) is 20.5. The molecule has 2 aliphatic rings. The first-order valence-electron chi connectivity index (χ1n) is 11.7. The Morgan fingerprint density at radius 1 is 1.00 bits per heavy atom. The minimum atomic E-state index is -0.598. The van der Waals surface area contributed by atoms with Gasteiger partial charge < -0.3 is 5.32 Å². The largest absolute Gasteiger partial charge is 0.351 e. The van der Waals surface area contributed by atoms with Crippen LogP contribution in [0.5, 0.6) is 0 Å². The number of thioether (sulfide) groups is 1. The van der Waals surface area contributed by atoms with Gasteiger partial charge in [-0.15, -0.1) is 0 Å². The fourth-order valence-corrected chi connectivity index (χ4v) is 5.30. The Morgan fingerprint density at radius 3 is 2.46 bits per heavy atom. The Kier molecular flexibility index (Phi) is 6.51. The molecule has 2 unspecified atom stereocenters. The van der Waals surface area contributed by atoms with Gasteiger partial charge in [-0.25, -0.2) is 4.99 Å². The number of hydrogen-bond donors (Lipinski definition) is 1. The average Bonchev–Trinajstić information content (AvgIpc) is 3.24. The third-order valence-electron chi connectivity index (χ3n) is 6.12. The predicted octanol–water partition coefficient (Wildman–Crippen LogP) is 5.15. The number of para-hydroxylation sites is 1. The van der Waals surface area contributed by atoms with Crippen molar-refractivity contribution in [1.82, 2.24) is 10.2 Å². The molecule has 2 heterocycles. The molecule has 3 aromatic rings. The van der Waals surface area contributed by atoms with E-state index in [0.29, 0.717) is 24.0 Å². The molecule has 6 nitrogen and oxygen atoms in total. The van der Waals surface area contributed by atoms with Gasteiger partial charge in [-0.2, -0.15) is 4.99 Å². The van der Waals surface area contributed by atoms with Gasteiger partial charge in [-0.3, -0.25) is 14.5 Å². The van der Waals surface area contributed by atoms with Crippen LogP contribution in [0.2, 0.25) is 0 Å². The molecule has 3 aromatic carbocycles. The van der Waals surface area contributed by atoms with Crippen LogP contribution >= 0.6 is 11.8 Å². The molecule has 176 valence electrons. The monoisotopic (exact) mass is 482 g/mol. The number of hydrogen-bond acceptors (Lipinski definition) is 5. The lowest BCUT2D eigenvalue weighted by Crippen LogP contribution is -2.41. The van der Waals surface area contributed by atoms with E-state index in [0.717, 1.165) is 22.4 Å². The molecule has 2 aliphatic heterocycles. The van der Waals surface area contributed by atoms with Gasteiger partial charge in [0.2, 0.25) is 5.91 Å². The SMILES string of the molecule is CCC(SC1=Nc2ccccc2C2=NC(=O)C(c3ccccc3)N12)C(=O)NCc1ccc(C)cc1. The van der Waals surface area contributed by atoms with Crippen LogP contribution in [0.1, 0.15) is 41.6 Å². The molecular weight excluding hydrogens is 456 g/mol. The van der Waals surface area contributed by atoms with Crippen LogP contribution in [0, 0.1) is 6.92 Å². The summed E-state index contributed by atoms with van der Waals surface area (Å²) in [6.07, 6.45) is 0.620. The molecule has 0 aliphatic carbocycles. The molecule has 7 heteroatoms. The quantitative estimate of drug-likeness (QED) is 0.527. The summed E-state index contributed by atoms with van der Waals surface area (Å²) in [6, 6.07) is 24.8. The number of carbonyl (C=O) groups excluding carboxylic acids is 2. The van der Waals surface area contributed by atoms with Crippen LogP contribution in [0.15, 0.2) is 88.8 Å². The lowest BCUT2D eigenvalue weighted by atomic mass is 10.0. The standard InChI is InChI=1S/C28H26N4O2S/c1-3-23(26(33)29-17-19-15-13-18(2)14-16-19)35-28-30-22-12-8-7-11-21(22)25-31-27(34)24(32(25)28)20-9-5-4-6-10-20/h4-16,23-24H,3,17H2,1-2H3,(H,29,33). The lowest BCUT2D eigenvalue weighted by molar-refractivity contribution is -0.121. The third kappa shape index (κ3) is 4.64. The van der Waals surface area contributed by atoms with E-state index in [4.69, 9.17) is 4.99 Å². The van der Waals surface area contributed by atoms with Gasteiger partial charge in [0, 0.05) is 12.1 Å². The molecule has 1 N–H and O–H groups in total. The van der Waals surface area contributed by atoms with Crippen molar-refractivity contribution in [2.45, 2.75) is 38.1 Å². The number of amides is 2. The predicted molar refractivity (Wildman–Crippen MR) is 141 cm³/mol. The summed E-state index contributed by atoms with van der Waals surface area (Å²) < 4.78 is 0. The minimum absolute atomic E-state index is 0.0556. The van der Waals surface area contributed by atoms with Crippen LogP contribution < -0.4 is 5.32 Å². The van der Waals surface area contributed by atoms with Crippen LogP contribution in [-0.4, -0.2) is 33.0 Å². The van der Waals surface area contributed by atoms with Gasteiger partial charge >= 0.3 is 0 Å². The first-order chi connectivity index (χ1) is 17.0. The van der Waals surface area contributed by atoms with Gasteiger partial charge in [0.05, 0.1) is 10.9 Å². The maximum absolute atomic E-state index is 13.1. The highest BCUT2D eigenvalue weighted by Gasteiger charge is 2.43. The summed E-state index contributed by atoms with van der Waals surface area (Å²) in [7, 11) is 0. The van der Waals surface area contributed by atoms with Gasteiger partial charge in [-0.05, 0) is 36.6 Å². The topological polar surface area (TPSA) is 74.1 Å². The molecule has 0 aromatic heterocycles. The Hall–Kier alpha value is -3.71. The Morgan fingerprint density at radius 2 is 1.71 bits per heavy atom. The number of benzene rings is 3. The third-order valence-corrected chi connectivity index (χ3v) is 7.45. The molecule has 0 saturated carbocycles. The molecule has 0 saturated heterocycles. The minimum Gasteiger partial charge on any atom is -0.351 e. The number of nitrogens with one attached hydrogen (secondary N) is 1. The summed E-state index contributed by atoms with van der Waals surface area (Å²) in [5.74, 6) is 0.305. The average molecular weight is 483 g/mol. The van der Waals surface area contributed by atoms with Crippen LogP contribution in [-0.2, 0) is 16.1 Å². The Bertz CT molecular complexity index is 1320. The second-order valence-corrected chi connectivity index (χ2v) is 9.76. The van der Waals surface area contributed by atoms with Crippen molar-refractivity contribution in [3.05, 3.63) is 101 Å². The van der Waals surface area contributed by atoms with Crippen molar-refractivity contribution < 1.29 is 9.59 Å². The molecule has 2 amide bonds. The van der Waals surface area contributed by atoms with E-state index in [1.807, 2.05) is 97.6 Å². The summed E-state index contributed by atoms with van der Waals surface area (Å²) >= 11 is 1.38. The van der Waals surface area contributed by atoms with Crippen molar-refractivity contribution in [3.8, 4) is 0 Å². The van der Waals surface area contributed by atoms with Crippen LogP contribution in [0.4, 0.5) is 5.69 Å². The van der Waals surface area contributed by atoms with E-state index in [1.165, 1.54) is 17.3 Å². The first-order valence-corrected chi connectivity index (χ1v) is 12.6. The zero-order valence-electron chi connectivity index (χ0n) is 19.6. The number of fused-ring (bicyclic) bond motifs is 3. The molecule has 35 heavy (non-hydrogen) atoms. The fourth-order valence-electron chi connectivity index (χ4n) is 4.23. The maximum atomic E-state index is 13.1. The molecule has 0 fully saturated rings. The van der Waals surface area contributed by atoms with E-state index in [2.05, 4.69) is 10.3 Å². The first kappa shape index (κ1) is 23.1. The lowest BCUT2D eigenvalue weighted by Gasteiger charge is -2.32. The molecular formula is C28H26N4O2S. The number of rotatable bonds is 6. The molecule has 0 bridgehead atoms. The van der Waals surface area contributed by atoms with Gasteiger partial charge in [0.25, 0.3) is 5.91 Å². The highest BCUT2D eigenvalue weighted by Crippen LogP contribution is 2.40. The number of aryl methyl sites for hydroxylation is 1. The second-order valence-electron chi connectivity index (χ2n) is 8.59. The Labute approximate surface area is 209 Å². The van der Waals surface area contributed by atoms with Crippen molar-refractivity contribution in [3.63, 3.8) is 0 Å². The number of nitrogens with zero attached hydrogens (tertiary/aromatic N) is 3. The smallest absolute Gasteiger partial charge is 0.275 e. The molecule has 2 atom stereocenters. The highest BCUT2D eigenvalue weighted by molar-refractivity contribution is 8.15. The van der Waals surface area contributed by atoms with Crippen molar-refractivity contribution in [1.29, 1.82) is 0 Å². The summed E-state index contributed by atoms with van der Waals surface area (Å²) in [4.78, 5) is 37.4. The van der Waals surface area contributed by atoms with Crippen LogP contribution in [0.3, 0.4) is 0 Å². The van der Waals surface area contributed by atoms with Crippen molar-refractivity contribution in [2.24, 2.45) is 9.98 Å². The van der Waals surface area contributed by atoms with Gasteiger partial charge in [-0.1, -0.05) is 91.0 Å². The Balaban J connectivity index is 1.43. The number of aliphatic imine (C=N–C) groups is 2. The molecule has 5 rings (SSSR count). The van der Waals surface area contributed by atoms with Crippen LogP contribution in [0.25, 0.3) is 0 Å². The number of carbonyl (C=O) groups is 2. The van der Waals surface area contributed by atoms with E-state index < -0.39 is 6.04 Å². The molecule has 0 spiro atoms. The van der Waals surface area contributed by atoms with Gasteiger partial charge in [0.15, 0.2) is 5.17 Å². The van der Waals surface area contributed by atoms with Gasteiger partial charge in [0.1, 0.15) is 11.9 Å². The van der Waals surface area contributed by atoms with E-state index >= 15 is 0 Å². The summed E-state index contributed by atoms with van der Waals surface area (Å²) in [5.41, 5.74) is 4.66. The summed E-state index contributed by atoms with van der Waals surface area (Å²) in [6.45, 7) is 4.49. The maximum Gasteiger partial charge on any atom is 0.275 e. The highest BCUT2D eigenvalue weighted by atomic mass is 32.2. The van der Waals surface area contributed by atoms with E-state index in [1.54, 1.807) is 0 Å². The normalized spacial score (nSPS) is 17.3. The van der Waals surface area contributed by atoms with Crippen molar-refractivity contribution >= 4 is 40.3 Å². The van der Waals surface area contributed by atoms with E-state index in [-0.39, 0.29) is 17.1 Å². The second kappa shape index (κ2) is 9.88. The fraction of sp³-hybridized carbons (Fsp3) is 0.214. The summed E-state index contributed by atoms with van der Waals surface area (Å²) in [5, 5.41) is 3.31. The van der Waals surface area contributed by atoms with Crippen molar-refractivity contribution in [2.75, 3.05) is 0 Å². The van der Waals surface area contributed by atoms with E-state index in [9.17, 15) is 9.59 Å². The zero-order chi connectivity index (χ0) is 24.4. The molecule has 0 radical (unpaired) electrons. The number of amidine groups is 2.